The lowest BCUT2D eigenvalue weighted by atomic mass is 9.89. The average molecular weight is 411 g/mol. The number of thioether (sulfide) groups is 1. The van der Waals surface area contributed by atoms with Crippen LogP contribution in [0.3, 0.4) is 0 Å². The normalized spacial score (nSPS) is 29.7. The summed E-state index contributed by atoms with van der Waals surface area (Å²) in [4.78, 5) is 30.3. The number of nitrogens with zero attached hydrogens (tertiary/aromatic N) is 2. The molecular weight excluding hydrogens is 392 g/mol. The first-order chi connectivity index (χ1) is 13.6. The molecule has 3 heterocycles. The van der Waals surface area contributed by atoms with Crippen molar-refractivity contribution in [1.82, 2.24) is 4.90 Å². The molecule has 0 spiro atoms. The molecule has 28 heavy (non-hydrogen) atoms. The lowest BCUT2D eigenvalue weighted by Crippen LogP contribution is -2.42. The van der Waals surface area contributed by atoms with E-state index in [1.807, 2.05) is 42.1 Å². The van der Waals surface area contributed by atoms with Crippen molar-refractivity contribution in [1.29, 1.82) is 0 Å². The van der Waals surface area contributed by atoms with Gasteiger partial charge < -0.3 is 0 Å². The molecule has 4 nitrogen and oxygen atoms in total. The van der Waals surface area contributed by atoms with Crippen molar-refractivity contribution >= 4 is 46.9 Å². The minimum absolute atomic E-state index is 0.0565. The van der Waals surface area contributed by atoms with Crippen LogP contribution in [0.4, 0.5) is 5.69 Å². The van der Waals surface area contributed by atoms with E-state index in [1.165, 1.54) is 4.90 Å². The molecule has 142 valence electrons. The standard InChI is InChI=1S/C22H19ClN2O2S/c23-15-7-9-16(10-8-15)25-21(26)19-17(11-6-14-4-2-1-3-5-14)24-13-28-12-18(24)20(19)22(25)27/h1-11,17-20H,12-13H2/b11-6+/t17-,18+,19+,20-/m0/s1. The van der Waals surface area contributed by atoms with E-state index in [1.54, 1.807) is 24.3 Å². The van der Waals surface area contributed by atoms with Gasteiger partial charge in [-0.3, -0.25) is 14.5 Å². The Bertz CT molecular complexity index is 947. The molecule has 2 amide bonds. The van der Waals surface area contributed by atoms with Crippen molar-refractivity contribution in [3.63, 3.8) is 0 Å². The Kier molecular flexibility index (Phi) is 4.54. The molecule has 0 N–H and O–H groups in total. The predicted molar refractivity (Wildman–Crippen MR) is 113 cm³/mol. The van der Waals surface area contributed by atoms with Gasteiger partial charge in [0.25, 0.3) is 0 Å². The Morgan fingerprint density at radius 1 is 0.964 bits per heavy atom. The van der Waals surface area contributed by atoms with Crippen molar-refractivity contribution in [2.45, 2.75) is 12.1 Å². The van der Waals surface area contributed by atoms with Gasteiger partial charge in [0.15, 0.2) is 0 Å². The van der Waals surface area contributed by atoms with Crippen LogP contribution in [0, 0.1) is 11.8 Å². The Labute approximate surface area is 173 Å². The quantitative estimate of drug-likeness (QED) is 0.719. The molecule has 0 bridgehead atoms. The summed E-state index contributed by atoms with van der Waals surface area (Å²) in [6.45, 7) is 0. The van der Waals surface area contributed by atoms with Crippen LogP contribution in [0.5, 0.6) is 0 Å². The minimum atomic E-state index is -0.325. The highest BCUT2D eigenvalue weighted by Crippen LogP contribution is 2.48. The molecule has 3 fully saturated rings. The van der Waals surface area contributed by atoms with Crippen LogP contribution in [0.25, 0.3) is 6.08 Å². The van der Waals surface area contributed by atoms with Gasteiger partial charge in [0, 0.05) is 28.7 Å². The number of rotatable bonds is 3. The molecule has 3 aliphatic rings. The second-order valence-corrected chi connectivity index (χ2v) is 8.82. The van der Waals surface area contributed by atoms with Crippen molar-refractivity contribution in [3.8, 4) is 0 Å². The maximum absolute atomic E-state index is 13.3. The molecular formula is C22H19ClN2O2S. The van der Waals surface area contributed by atoms with E-state index in [0.29, 0.717) is 10.7 Å². The van der Waals surface area contributed by atoms with Gasteiger partial charge in [-0.1, -0.05) is 54.1 Å². The summed E-state index contributed by atoms with van der Waals surface area (Å²) in [7, 11) is 0. The van der Waals surface area contributed by atoms with Gasteiger partial charge in [-0.15, -0.1) is 11.8 Å². The third-order valence-corrected chi connectivity index (χ3v) is 7.20. The zero-order chi connectivity index (χ0) is 19.3. The van der Waals surface area contributed by atoms with Crippen molar-refractivity contribution in [2.24, 2.45) is 11.8 Å². The first-order valence-corrected chi connectivity index (χ1v) is 10.9. The van der Waals surface area contributed by atoms with Gasteiger partial charge >= 0.3 is 0 Å². The Morgan fingerprint density at radius 3 is 2.43 bits per heavy atom. The summed E-state index contributed by atoms with van der Waals surface area (Å²) in [6.07, 6.45) is 4.17. The molecule has 3 aliphatic heterocycles. The molecule has 0 aromatic heterocycles. The zero-order valence-corrected chi connectivity index (χ0v) is 16.6. The lowest BCUT2D eigenvalue weighted by molar-refractivity contribution is -0.123. The molecule has 6 heteroatoms. The maximum Gasteiger partial charge on any atom is 0.239 e. The van der Waals surface area contributed by atoms with E-state index in [2.05, 4.69) is 17.1 Å². The van der Waals surface area contributed by atoms with Gasteiger partial charge in [0.2, 0.25) is 11.8 Å². The topological polar surface area (TPSA) is 40.6 Å². The highest BCUT2D eigenvalue weighted by Gasteiger charge is 2.62. The summed E-state index contributed by atoms with van der Waals surface area (Å²) in [5.41, 5.74) is 1.71. The van der Waals surface area contributed by atoms with Crippen LogP contribution >= 0.6 is 23.4 Å². The summed E-state index contributed by atoms with van der Waals surface area (Å²) in [5, 5.41) is 0.588. The second-order valence-electron chi connectivity index (χ2n) is 7.38. The number of anilines is 1. The molecule has 5 rings (SSSR count). The summed E-state index contributed by atoms with van der Waals surface area (Å²) < 4.78 is 0. The fourth-order valence-corrected chi connectivity index (χ4v) is 6.06. The van der Waals surface area contributed by atoms with Crippen LogP contribution < -0.4 is 4.90 Å². The molecule has 0 radical (unpaired) electrons. The Hall–Kier alpha value is -2.08. The number of imide groups is 1. The maximum atomic E-state index is 13.3. The van der Waals surface area contributed by atoms with E-state index in [-0.39, 0.29) is 35.7 Å². The fraction of sp³-hybridized carbons (Fsp3) is 0.273. The third-order valence-electron chi connectivity index (χ3n) is 5.89. The van der Waals surface area contributed by atoms with Gasteiger partial charge in [0.05, 0.1) is 17.5 Å². The summed E-state index contributed by atoms with van der Waals surface area (Å²) >= 11 is 7.81. The van der Waals surface area contributed by atoms with Crippen LogP contribution in [0.2, 0.25) is 5.02 Å². The van der Waals surface area contributed by atoms with E-state index in [0.717, 1.165) is 17.2 Å². The Balaban J connectivity index is 1.50. The second kappa shape index (κ2) is 7.07. The predicted octanol–water partition coefficient (Wildman–Crippen LogP) is 3.92. The van der Waals surface area contributed by atoms with Crippen LogP contribution in [0.1, 0.15) is 5.56 Å². The minimum Gasteiger partial charge on any atom is -0.282 e. The zero-order valence-electron chi connectivity index (χ0n) is 15.1. The smallest absolute Gasteiger partial charge is 0.239 e. The van der Waals surface area contributed by atoms with Gasteiger partial charge in [-0.05, 0) is 29.8 Å². The number of hydrogen-bond acceptors (Lipinski definition) is 4. The molecule has 3 saturated heterocycles. The molecule has 2 aromatic rings. The average Bonchev–Trinajstić information content (AvgIpc) is 3.35. The van der Waals surface area contributed by atoms with E-state index < -0.39 is 0 Å². The van der Waals surface area contributed by atoms with Crippen LogP contribution in [0.15, 0.2) is 60.7 Å². The molecule has 0 aliphatic carbocycles. The lowest BCUT2D eigenvalue weighted by Gasteiger charge is -2.25. The monoisotopic (exact) mass is 410 g/mol. The van der Waals surface area contributed by atoms with Gasteiger partial charge in [0.1, 0.15) is 0 Å². The van der Waals surface area contributed by atoms with Gasteiger partial charge in [-0.25, -0.2) is 4.90 Å². The number of amides is 2. The third kappa shape index (κ3) is 2.81. The molecule has 2 aromatic carbocycles. The largest absolute Gasteiger partial charge is 0.282 e. The first kappa shape index (κ1) is 18.0. The Morgan fingerprint density at radius 2 is 1.68 bits per heavy atom. The van der Waals surface area contributed by atoms with Crippen molar-refractivity contribution < 1.29 is 9.59 Å². The van der Waals surface area contributed by atoms with Gasteiger partial charge in [-0.2, -0.15) is 0 Å². The highest BCUT2D eigenvalue weighted by atomic mass is 35.5. The van der Waals surface area contributed by atoms with Crippen molar-refractivity contribution in [3.05, 3.63) is 71.3 Å². The number of carbonyl (C=O) groups is 2. The van der Waals surface area contributed by atoms with Crippen molar-refractivity contribution in [2.75, 3.05) is 16.5 Å². The number of halogens is 1. The van der Waals surface area contributed by atoms with Crippen LogP contribution in [-0.2, 0) is 9.59 Å². The fourth-order valence-electron chi connectivity index (χ4n) is 4.62. The first-order valence-electron chi connectivity index (χ1n) is 9.35. The van der Waals surface area contributed by atoms with E-state index >= 15 is 0 Å². The van der Waals surface area contributed by atoms with E-state index in [9.17, 15) is 9.59 Å². The molecule has 0 unspecified atom stereocenters. The molecule has 0 saturated carbocycles. The van der Waals surface area contributed by atoms with E-state index in [4.69, 9.17) is 11.6 Å². The summed E-state index contributed by atoms with van der Waals surface area (Å²) in [5.74, 6) is 0.982. The highest BCUT2D eigenvalue weighted by molar-refractivity contribution is 7.99. The number of benzene rings is 2. The number of hydrogen-bond donors (Lipinski definition) is 0. The number of carbonyl (C=O) groups excluding carboxylic acids is 2. The van der Waals surface area contributed by atoms with Crippen LogP contribution in [-0.4, -0.2) is 40.4 Å². The summed E-state index contributed by atoms with van der Waals surface area (Å²) in [6, 6.07) is 17.1. The number of fused-ring (bicyclic) bond motifs is 3. The molecule has 4 atom stereocenters. The SMILES string of the molecule is O=C1[C@@H]2[C@H](C(=O)N1c1ccc(Cl)cc1)[C@H](/C=C/c1ccccc1)N1CSC[C@H]21.